The summed E-state index contributed by atoms with van der Waals surface area (Å²) in [5, 5.41) is 20.2. The smallest absolute Gasteiger partial charge is 0.321 e. The molecule has 0 saturated heterocycles. The molecule has 1 aliphatic heterocycles. The molecule has 2 amide bonds. The number of thiazole rings is 1. The second kappa shape index (κ2) is 7.16. The molecule has 0 spiro atoms. The van der Waals surface area contributed by atoms with Crippen molar-refractivity contribution in [2.45, 2.75) is 13.8 Å². The molecular formula is C14H17N5O3S. The summed E-state index contributed by atoms with van der Waals surface area (Å²) in [5.41, 5.74) is 3.12. The van der Waals surface area contributed by atoms with Crippen LogP contribution in [-0.4, -0.2) is 36.8 Å². The molecule has 3 N–H and O–H groups in total. The normalized spacial score (nSPS) is 14.8. The van der Waals surface area contributed by atoms with Gasteiger partial charge in [0, 0.05) is 12.5 Å². The Balaban J connectivity index is 0.000000433. The number of carbonyl (C=O) groups is 2. The molecule has 0 radical (unpaired) electrons. The van der Waals surface area contributed by atoms with E-state index in [1.165, 1.54) is 11.3 Å². The zero-order valence-electron chi connectivity index (χ0n) is 13.0. The molecule has 1 atom stereocenters. The number of anilines is 1. The third kappa shape index (κ3) is 4.02. The summed E-state index contributed by atoms with van der Waals surface area (Å²) in [7, 11) is 1.98. The van der Waals surface area contributed by atoms with Gasteiger partial charge in [0.15, 0.2) is 10.8 Å². The summed E-state index contributed by atoms with van der Waals surface area (Å²) >= 11 is 1.48. The van der Waals surface area contributed by atoms with Gasteiger partial charge >= 0.3 is 6.03 Å². The number of quaternary nitrogens is 1. The fourth-order valence-corrected chi connectivity index (χ4v) is 3.14. The molecule has 23 heavy (non-hydrogen) atoms. The fourth-order valence-electron chi connectivity index (χ4n) is 2.07. The molecule has 1 aliphatic rings. The molecule has 8 nitrogen and oxygen atoms in total. The number of carboxylic acids is 1. The van der Waals surface area contributed by atoms with E-state index in [0.29, 0.717) is 11.7 Å². The van der Waals surface area contributed by atoms with Gasteiger partial charge in [-0.25, -0.2) is 9.78 Å². The van der Waals surface area contributed by atoms with Crippen molar-refractivity contribution in [1.82, 2.24) is 10.3 Å². The van der Waals surface area contributed by atoms with E-state index < -0.39 is 5.97 Å². The van der Waals surface area contributed by atoms with Crippen molar-refractivity contribution in [1.29, 1.82) is 0 Å². The topological polar surface area (TPSA) is 111 Å². The minimum absolute atomic E-state index is 0.227. The van der Waals surface area contributed by atoms with Crippen molar-refractivity contribution in [3.8, 4) is 0 Å². The summed E-state index contributed by atoms with van der Waals surface area (Å²) in [5.74, 6) is -1.08. The Morgan fingerprint density at radius 2 is 2.09 bits per heavy atom. The quantitative estimate of drug-likeness (QED) is 0.699. The van der Waals surface area contributed by atoms with E-state index in [2.05, 4.69) is 20.7 Å². The van der Waals surface area contributed by atoms with Gasteiger partial charge in [-0.15, -0.1) is 0 Å². The molecule has 122 valence electrons. The number of aromatic nitrogens is 1. The van der Waals surface area contributed by atoms with Crippen LogP contribution in [0.4, 0.5) is 15.6 Å². The third-order valence-corrected chi connectivity index (χ3v) is 3.91. The van der Waals surface area contributed by atoms with Crippen LogP contribution in [0, 0.1) is 0 Å². The highest BCUT2D eigenvalue weighted by atomic mass is 32.1. The van der Waals surface area contributed by atoms with E-state index in [4.69, 9.17) is 9.90 Å². The lowest BCUT2D eigenvalue weighted by atomic mass is 10.2. The number of hydrogen-bond acceptors (Lipinski definition) is 6. The maximum atomic E-state index is 11.5. The lowest BCUT2D eigenvalue weighted by Gasteiger charge is -2.02. The predicted molar refractivity (Wildman–Crippen MR) is 87.1 cm³/mol. The Morgan fingerprint density at radius 3 is 2.74 bits per heavy atom. The first-order valence-electron chi connectivity index (χ1n) is 6.96. The first-order chi connectivity index (χ1) is 10.9. The van der Waals surface area contributed by atoms with E-state index in [0.717, 1.165) is 33.4 Å². The molecule has 0 fully saturated rings. The van der Waals surface area contributed by atoms with Gasteiger partial charge < -0.3 is 15.2 Å². The molecule has 1 unspecified atom stereocenters. The van der Waals surface area contributed by atoms with Gasteiger partial charge in [-0.2, -0.15) is 5.01 Å². The number of nitrogens with zero attached hydrogens (tertiary/aromatic N) is 2. The zero-order valence-corrected chi connectivity index (χ0v) is 13.8. The van der Waals surface area contributed by atoms with Crippen LogP contribution in [0.3, 0.4) is 0 Å². The van der Waals surface area contributed by atoms with Crippen molar-refractivity contribution in [2.75, 3.05) is 18.9 Å². The Morgan fingerprint density at radius 1 is 1.39 bits per heavy atom. The second-order valence-corrected chi connectivity index (χ2v) is 5.72. The van der Waals surface area contributed by atoms with Gasteiger partial charge in [-0.05, 0) is 26.0 Å². The van der Waals surface area contributed by atoms with Crippen LogP contribution in [0.1, 0.15) is 19.4 Å². The Bertz CT molecular complexity index is 767. The minimum atomic E-state index is -1.08. The van der Waals surface area contributed by atoms with Crippen molar-refractivity contribution in [3.05, 3.63) is 17.7 Å². The molecule has 2 heterocycles. The van der Waals surface area contributed by atoms with Crippen LogP contribution < -0.4 is 20.7 Å². The number of amides is 2. The molecular weight excluding hydrogens is 318 g/mol. The standard InChI is InChI=1S/C12H13N5OS.C2H4O2/c1-3-13-11(18)16-12-15-8-5-4-7-6-14-17(2)9(7)10(8)19-12;1-2(3)4/h4-6H,3H2,1-2H3,(H2,13,15,16,18);1H3,(H,3,4). The second-order valence-electron chi connectivity index (χ2n) is 4.72. The number of carboxylic acid groups (broad SMARTS) is 1. The van der Waals surface area contributed by atoms with Crippen molar-refractivity contribution < 1.29 is 19.7 Å². The van der Waals surface area contributed by atoms with Crippen molar-refractivity contribution in [2.24, 2.45) is 5.10 Å². The van der Waals surface area contributed by atoms with Crippen LogP contribution in [0.2, 0.25) is 0 Å². The highest BCUT2D eigenvalue weighted by molar-refractivity contribution is 7.22. The Hall–Kier alpha value is -2.52. The maximum absolute atomic E-state index is 11.5. The summed E-state index contributed by atoms with van der Waals surface area (Å²) in [4.78, 5) is 24.8. The summed E-state index contributed by atoms with van der Waals surface area (Å²) in [6.07, 6.45) is 1.86. The largest absolute Gasteiger partial charge is 0.550 e. The Labute approximate surface area is 136 Å². The summed E-state index contributed by atoms with van der Waals surface area (Å²) in [6.45, 7) is 3.44. The average Bonchev–Trinajstić information content (AvgIpc) is 3.01. The van der Waals surface area contributed by atoms with Gasteiger partial charge in [0.1, 0.15) is 4.70 Å². The molecule has 2 aromatic rings. The molecule has 3 rings (SSSR count). The predicted octanol–water partition coefficient (Wildman–Crippen LogP) is -0.312. The molecule has 9 heteroatoms. The average molecular weight is 335 g/mol. The lowest BCUT2D eigenvalue weighted by molar-refractivity contribution is -0.812. The highest BCUT2D eigenvalue weighted by Gasteiger charge is 2.23. The van der Waals surface area contributed by atoms with E-state index in [9.17, 15) is 4.79 Å². The van der Waals surface area contributed by atoms with Gasteiger partial charge in [0.2, 0.25) is 0 Å². The SMILES string of the molecule is CC(=O)[O-].CCNC(=O)Nc1nc2ccc3c(c2s1)[NH+](C)N=C3. The van der Waals surface area contributed by atoms with Gasteiger partial charge in [0.05, 0.1) is 24.3 Å². The molecule has 0 saturated carbocycles. The molecule has 1 aromatic heterocycles. The third-order valence-electron chi connectivity index (χ3n) is 2.91. The van der Waals surface area contributed by atoms with E-state index >= 15 is 0 Å². The highest BCUT2D eigenvalue weighted by Crippen LogP contribution is 2.33. The van der Waals surface area contributed by atoms with Crippen LogP contribution in [0.25, 0.3) is 10.2 Å². The molecule has 0 aliphatic carbocycles. The van der Waals surface area contributed by atoms with Crippen molar-refractivity contribution >= 4 is 50.6 Å². The van der Waals surface area contributed by atoms with Crippen LogP contribution in [-0.2, 0) is 4.79 Å². The van der Waals surface area contributed by atoms with E-state index in [1.54, 1.807) is 0 Å². The van der Waals surface area contributed by atoms with Gasteiger partial charge in [-0.3, -0.25) is 5.32 Å². The maximum Gasteiger partial charge on any atom is 0.321 e. The number of aliphatic carboxylic acids is 1. The molecule has 0 bridgehead atoms. The van der Waals surface area contributed by atoms with Crippen molar-refractivity contribution in [3.63, 3.8) is 0 Å². The van der Waals surface area contributed by atoms with E-state index in [-0.39, 0.29) is 6.03 Å². The number of urea groups is 1. The monoisotopic (exact) mass is 335 g/mol. The minimum Gasteiger partial charge on any atom is -0.550 e. The van der Waals surface area contributed by atoms with Crippen LogP contribution in [0.5, 0.6) is 0 Å². The van der Waals surface area contributed by atoms with Gasteiger partial charge in [-0.1, -0.05) is 16.4 Å². The Kier molecular flexibility index (Phi) is 5.24. The first kappa shape index (κ1) is 16.8. The number of hydrogen-bond donors (Lipinski definition) is 3. The summed E-state index contributed by atoms with van der Waals surface area (Å²) in [6, 6.07) is 3.74. The first-order valence-corrected chi connectivity index (χ1v) is 7.78. The molecule has 1 aromatic carbocycles. The van der Waals surface area contributed by atoms with Crippen LogP contribution in [0.15, 0.2) is 17.2 Å². The summed E-state index contributed by atoms with van der Waals surface area (Å²) < 4.78 is 1.07. The number of rotatable bonds is 2. The van der Waals surface area contributed by atoms with Crippen LogP contribution >= 0.6 is 11.3 Å². The fraction of sp³-hybridized carbons (Fsp3) is 0.286. The number of benzene rings is 1. The lowest BCUT2D eigenvalue weighted by Crippen LogP contribution is -2.97. The number of nitrogens with one attached hydrogen (secondary N) is 3. The van der Waals surface area contributed by atoms with Gasteiger partial charge in [0.25, 0.3) is 0 Å². The number of carbonyl (C=O) groups excluding carboxylic acids is 2. The number of fused-ring (bicyclic) bond motifs is 3. The zero-order chi connectivity index (χ0) is 17.0. The van der Waals surface area contributed by atoms with E-state index in [1.807, 2.05) is 32.3 Å².